The summed E-state index contributed by atoms with van der Waals surface area (Å²) < 4.78 is 6.91. The Morgan fingerprint density at radius 2 is 1.43 bits per heavy atom. The Morgan fingerprint density at radius 3 is 1.91 bits per heavy atom. The molecule has 0 aliphatic rings. The predicted octanol–water partition coefficient (Wildman–Crippen LogP) is 6.28. The Bertz CT molecular complexity index is 616. The van der Waals surface area contributed by atoms with Crippen molar-refractivity contribution in [2.75, 3.05) is 7.11 Å². The van der Waals surface area contributed by atoms with Gasteiger partial charge in [-0.15, -0.1) is 0 Å². The van der Waals surface area contributed by atoms with Gasteiger partial charge in [0.2, 0.25) is 0 Å². The van der Waals surface area contributed by atoms with Gasteiger partial charge in [-0.05, 0) is 0 Å². The van der Waals surface area contributed by atoms with Gasteiger partial charge in [0.05, 0.1) is 0 Å². The average Bonchev–Trinajstić information content (AvgIpc) is 2.64. The number of methoxy groups -OCH3 is 1. The van der Waals surface area contributed by atoms with Crippen molar-refractivity contribution in [3.05, 3.63) is 65.7 Å². The molecule has 0 bridgehead atoms. The van der Waals surface area contributed by atoms with Gasteiger partial charge in [0.1, 0.15) is 0 Å². The van der Waals surface area contributed by atoms with E-state index in [1.54, 1.807) is 11.5 Å². The molecule has 0 amide bonds. The van der Waals surface area contributed by atoms with Crippen molar-refractivity contribution in [3.63, 3.8) is 0 Å². The van der Waals surface area contributed by atoms with Crippen molar-refractivity contribution in [1.82, 2.24) is 0 Å². The minimum atomic E-state index is -2.05. The monoisotopic (exact) mass is 370 g/mol. The molecular weight excluding hydrogens is 341 g/mol. The van der Waals surface area contributed by atoms with Gasteiger partial charge in [-0.25, -0.2) is 0 Å². The first kappa shape index (κ1) is 17.9. The second-order valence-corrected chi connectivity index (χ2v) is 17.0. The zero-order valence-corrected chi connectivity index (χ0v) is 16.9. The minimum absolute atomic E-state index is 0.915. The molecule has 2 rings (SSSR count). The zero-order chi connectivity index (χ0) is 16.7. The topological polar surface area (TPSA) is 9.23 Å². The third-order valence-electron chi connectivity index (χ3n) is 5.11. The van der Waals surface area contributed by atoms with Crippen LogP contribution in [0.1, 0.15) is 31.9 Å². The number of benzene rings is 2. The van der Waals surface area contributed by atoms with Gasteiger partial charge >= 0.3 is 144 Å². The van der Waals surface area contributed by atoms with Gasteiger partial charge < -0.3 is 0 Å². The van der Waals surface area contributed by atoms with Gasteiger partial charge in [-0.2, -0.15) is 0 Å². The summed E-state index contributed by atoms with van der Waals surface area (Å²) in [6, 6.07) is 19.4. The number of hydrogen-bond acceptors (Lipinski definition) is 1. The Balaban J connectivity index is 2.54. The van der Waals surface area contributed by atoms with E-state index >= 15 is 0 Å². The molecule has 0 aromatic heterocycles. The summed E-state index contributed by atoms with van der Waals surface area (Å²) >= 11 is -2.05. The van der Waals surface area contributed by atoms with Crippen LogP contribution in [0.3, 0.4) is 0 Å². The van der Waals surface area contributed by atoms with Crippen LogP contribution >= 0.6 is 0 Å². The molecule has 0 spiro atoms. The first-order chi connectivity index (χ1) is 11.2. The normalized spacial score (nSPS) is 12.3. The van der Waals surface area contributed by atoms with Gasteiger partial charge in [-0.1, -0.05) is 0 Å². The SMILES string of the molecule is C[CH2][Ge]([CH2]C)([CH2]C)/[C](=C\c1ccc(OC)cc1)c1ccccc1. The molecule has 0 aliphatic carbocycles. The molecule has 2 aromatic carbocycles. The number of rotatable bonds is 7. The van der Waals surface area contributed by atoms with Crippen molar-refractivity contribution in [1.29, 1.82) is 0 Å². The van der Waals surface area contributed by atoms with Crippen LogP contribution in [0.5, 0.6) is 5.75 Å². The van der Waals surface area contributed by atoms with Crippen LogP contribution in [0.4, 0.5) is 0 Å². The van der Waals surface area contributed by atoms with Gasteiger partial charge in [0.15, 0.2) is 0 Å². The summed E-state index contributed by atoms with van der Waals surface area (Å²) in [6.07, 6.45) is 2.44. The molecule has 0 radical (unpaired) electrons. The summed E-state index contributed by atoms with van der Waals surface area (Å²) in [5.74, 6) is 0.915. The molecule has 0 atom stereocenters. The fourth-order valence-electron chi connectivity index (χ4n) is 3.35. The van der Waals surface area contributed by atoms with Crippen LogP contribution in [-0.2, 0) is 0 Å². The van der Waals surface area contributed by atoms with E-state index < -0.39 is 13.3 Å². The molecule has 0 aliphatic heterocycles. The molecule has 0 saturated heterocycles. The van der Waals surface area contributed by atoms with Gasteiger partial charge in [0, 0.05) is 0 Å². The van der Waals surface area contributed by atoms with Gasteiger partial charge in [-0.3, -0.25) is 0 Å². The molecule has 2 heteroatoms. The van der Waals surface area contributed by atoms with Crippen LogP contribution < -0.4 is 4.74 Å². The first-order valence-corrected chi connectivity index (χ1v) is 14.1. The van der Waals surface area contributed by atoms with E-state index in [0.29, 0.717) is 0 Å². The molecule has 0 heterocycles. The molecule has 0 fully saturated rings. The molecular formula is C21H28GeO. The van der Waals surface area contributed by atoms with Crippen molar-refractivity contribution in [2.45, 2.75) is 36.5 Å². The van der Waals surface area contributed by atoms with E-state index in [0.717, 1.165) is 5.75 Å². The second-order valence-electron chi connectivity index (χ2n) is 6.04. The molecule has 23 heavy (non-hydrogen) atoms. The fraction of sp³-hybridized carbons (Fsp3) is 0.333. The van der Waals surface area contributed by atoms with Crippen molar-refractivity contribution in [2.24, 2.45) is 0 Å². The van der Waals surface area contributed by atoms with Gasteiger partial charge in [0.25, 0.3) is 0 Å². The quantitative estimate of drug-likeness (QED) is 0.412. The summed E-state index contributed by atoms with van der Waals surface area (Å²) in [7, 11) is 1.71. The van der Waals surface area contributed by atoms with E-state index in [4.69, 9.17) is 4.74 Å². The van der Waals surface area contributed by atoms with Crippen LogP contribution in [0.15, 0.2) is 54.6 Å². The molecule has 122 valence electrons. The second kappa shape index (κ2) is 8.40. The van der Waals surface area contributed by atoms with Crippen molar-refractivity contribution in [3.8, 4) is 5.75 Å². The molecule has 0 saturated carbocycles. The average molecular weight is 369 g/mol. The third-order valence-corrected chi connectivity index (χ3v) is 16.9. The first-order valence-electron chi connectivity index (χ1n) is 8.60. The Kier molecular flexibility index (Phi) is 6.52. The van der Waals surface area contributed by atoms with E-state index in [-0.39, 0.29) is 0 Å². The maximum absolute atomic E-state index is 5.28. The molecule has 0 N–H and O–H groups in total. The van der Waals surface area contributed by atoms with E-state index in [1.807, 2.05) is 12.1 Å². The van der Waals surface area contributed by atoms with Crippen LogP contribution in [0.2, 0.25) is 15.8 Å². The van der Waals surface area contributed by atoms with Crippen LogP contribution in [-0.4, -0.2) is 20.4 Å². The van der Waals surface area contributed by atoms with Crippen molar-refractivity contribution >= 4 is 23.7 Å². The number of hydrogen-bond donors (Lipinski definition) is 0. The summed E-state index contributed by atoms with van der Waals surface area (Å²) in [4.78, 5) is 0. The van der Waals surface area contributed by atoms with Crippen LogP contribution in [0.25, 0.3) is 10.5 Å². The van der Waals surface area contributed by atoms with E-state index in [9.17, 15) is 0 Å². The Morgan fingerprint density at radius 1 is 0.870 bits per heavy atom. The fourth-order valence-corrected chi connectivity index (χ4v) is 11.5. The summed E-state index contributed by atoms with van der Waals surface area (Å²) in [6.45, 7) is 7.16. The number of ether oxygens (including phenoxy) is 1. The van der Waals surface area contributed by atoms with E-state index in [1.165, 1.54) is 26.9 Å². The molecule has 0 unspecified atom stereocenters. The summed E-state index contributed by atoms with van der Waals surface area (Å²) in [5, 5.41) is 4.01. The Labute approximate surface area is 143 Å². The van der Waals surface area contributed by atoms with E-state index in [2.05, 4.69) is 69.3 Å². The van der Waals surface area contributed by atoms with Crippen LogP contribution in [0, 0.1) is 0 Å². The van der Waals surface area contributed by atoms with Crippen molar-refractivity contribution < 1.29 is 4.74 Å². The standard InChI is InChI=1S/C21H28GeO/c1-5-22(6-2,7-3)21(19-11-9-8-10-12-19)17-18-13-15-20(23-4)16-14-18/h8-17H,5-7H2,1-4H3/b21-17-. The zero-order valence-electron chi connectivity index (χ0n) is 14.8. The molecule has 1 nitrogen and oxygen atoms in total. The maximum atomic E-state index is 5.28. The predicted molar refractivity (Wildman–Crippen MR) is 105 cm³/mol. The Hall–Kier alpha value is -1.48. The third kappa shape index (κ3) is 4.08. The molecule has 2 aromatic rings. The summed E-state index contributed by atoms with van der Waals surface area (Å²) in [5.41, 5.74) is 2.68.